The molecule has 1 N–H and O–H groups in total. The summed E-state index contributed by atoms with van der Waals surface area (Å²) in [6, 6.07) is 9.78. The second-order valence-corrected chi connectivity index (χ2v) is 10.8. The Balaban J connectivity index is 2.01. The number of hydrogen-bond donors (Lipinski definition) is 1. The number of hydrogen-bond acceptors (Lipinski definition) is 2. The van der Waals surface area contributed by atoms with Crippen LogP contribution >= 0.6 is 0 Å². The van der Waals surface area contributed by atoms with Crippen LogP contribution in [0.2, 0.25) is 0 Å². The van der Waals surface area contributed by atoms with Crippen molar-refractivity contribution < 1.29 is 0 Å². The van der Waals surface area contributed by atoms with E-state index in [9.17, 15) is 0 Å². The minimum atomic E-state index is 0.495. The molecule has 3 atom stereocenters. The summed E-state index contributed by atoms with van der Waals surface area (Å²) in [6.07, 6.45) is 16.6. The van der Waals surface area contributed by atoms with E-state index < -0.39 is 0 Å². The Morgan fingerprint density at radius 1 is 1.20 bits per heavy atom. The van der Waals surface area contributed by atoms with E-state index in [-0.39, 0.29) is 0 Å². The summed E-state index contributed by atoms with van der Waals surface area (Å²) in [7, 11) is 0. The van der Waals surface area contributed by atoms with Crippen LogP contribution in [0, 0.1) is 12.8 Å². The number of nitrogens with one attached hydrogen (secondary N) is 1. The molecule has 0 saturated carbocycles. The first-order valence-electron chi connectivity index (χ1n) is 13.9. The van der Waals surface area contributed by atoms with E-state index in [4.69, 9.17) is 0 Å². The number of unbranched alkanes of at least 4 members (excludes halogenated alkanes) is 3. The Bertz CT molecular complexity index is 990. The zero-order chi connectivity index (χ0) is 25.4. The number of rotatable bonds is 10. The lowest BCUT2D eigenvalue weighted by Gasteiger charge is -2.44. The number of aryl methyl sites for hydroxylation is 1. The zero-order valence-corrected chi connectivity index (χ0v) is 23.2. The van der Waals surface area contributed by atoms with Gasteiger partial charge < -0.3 is 10.2 Å². The molecular formula is C33H48N2. The molecule has 0 aromatic heterocycles. The molecule has 0 bridgehead atoms. The summed E-state index contributed by atoms with van der Waals surface area (Å²) < 4.78 is 0. The molecule has 2 nitrogen and oxygen atoms in total. The number of piperazine rings is 1. The third-order valence-electron chi connectivity index (χ3n) is 7.42. The van der Waals surface area contributed by atoms with Gasteiger partial charge in [-0.2, -0.15) is 0 Å². The average molecular weight is 473 g/mol. The van der Waals surface area contributed by atoms with Crippen molar-refractivity contribution in [3.8, 4) is 0 Å². The van der Waals surface area contributed by atoms with Gasteiger partial charge in [-0.05, 0) is 81.6 Å². The third-order valence-corrected chi connectivity index (χ3v) is 7.42. The van der Waals surface area contributed by atoms with Crippen molar-refractivity contribution in [2.45, 2.75) is 92.2 Å². The van der Waals surface area contributed by atoms with E-state index in [1.165, 1.54) is 58.4 Å². The molecule has 1 aromatic carbocycles. The Morgan fingerprint density at radius 2 is 2.00 bits per heavy atom. The van der Waals surface area contributed by atoms with Crippen LogP contribution in [0.1, 0.15) is 84.3 Å². The van der Waals surface area contributed by atoms with Gasteiger partial charge in [0.2, 0.25) is 0 Å². The van der Waals surface area contributed by atoms with Gasteiger partial charge in [-0.25, -0.2) is 0 Å². The first-order chi connectivity index (χ1) is 16.8. The van der Waals surface area contributed by atoms with Crippen molar-refractivity contribution in [2.75, 3.05) is 13.1 Å². The SMILES string of the molecule is C=C(CC1=CC(C)CC(N2C[C@@H](C)NC[C@@H]2C)=C1C(=C\C)/C=C/CCCCC)c1cccc(C)c1. The van der Waals surface area contributed by atoms with Gasteiger partial charge in [0.25, 0.3) is 0 Å². The normalized spacial score (nSPS) is 23.7. The maximum absolute atomic E-state index is 4.54. The topological polar surface area (TPSA) is 15.3 Å². The second kappa shape index (κ2) is 13.1. The van der Waals surface area contributed by atoms with Crippen molar-refractivity contribution in [1.29, 1.82) is 0 Å². The lowest BCUT2D eigenvalue weighted by Crippen LogP contribution is -2.54. The molecule has 2 aliphatic rings. The minimum absolute atomic E-state index is 0.495. The number of benzene rings is 1. The smallest absolute Gasteiger partial charge is 0.0384 e. The van der Waals surface area contributed by atoms with Crippen molar-refractivity contribution in [1.82, 2.24) is 10.2 Å². The van der Waals surface area contributed by atoms with Crippen LogP contribution in [0.5, 0.6) is 0 Å². The molecular weight excluding hydrogens is 424 g/mol. The standard InChI is InChI=1S/C33H48N2/c1-8-10-11-12-13-16-29(9-2)33-31(21-26(5)30-17-14-15-24(3)18-30)19-25(4)20-32(33)35-23-27(6)34-22-28(35)7/h9,13-19,25,27-28,34H,5,8,10-12,20-23H2,1-4,6-7H3/b16-13+,29-9-/t25?,27-,28+/m1/s1. The predicted molar refractivity (Wildman–Crippen MR) is 154 cm³/mol. The monoisotopic (exact) mass is 472 g/mol. The molecule has 1 saturated heterocycles. The van der Waals surface area contributed by atoms with Crippen LogP contribution in [0.4, 0.5) is 0 Å². The van der Waals surface area contributed by atoms with Crippen molar-refractivity contribution in [2.24, 2.45) is 5.92 Å². The molecule has 2 heteroatoms. The fourth-order valence-corrected chi connectivity index (χ4v) is 5.48. The van der Waals surface area contributed by atoms with Crippen LogP contribution in [0.15, 0.2) is 77.6 Å². The maximum atomic E-state index is 4.54. The highest BCUT2D eigenvalue weighted by atomic mass is 15.2. The summed E-state index contributed by atoms with van der Waals surface area (Å²) in [4.78, 5) is 2.70. The summed E-state index contributed by atoms with van der Waals surface area (Å²) >= 11 is 0. The van der Waals surface area contributed by atoms with Gasteiger partial charge in [0.15, 0.2) is 0 Å². The number of nitrogens with zero attached hydrogens (tertiary/aromatic N) is 1. The summed E-state index contributed by atoms with van der Waals surface area (Å²) in [5.41, 5.74) is 9.53. The molecule has 0 amide bonds. The fraction of sp³-hybridized carbons (Fsp3) is 0.515. The molecule has 0 spiro atoms. The van der Waals surface area contributed by atoms with E-state index >= 15 is 0 Å². The van der Waals surface area contributed by atoms with Gasteiger partial charge >= 0.3 is 0 Å². The molecule has 1 unspecified atom stereocenters. The molecule has 1 aliphatic heterocycles. The first kappa shape index (κ1) is 27.3. The molecule has 1 heterocycles. The highest BCUT2D eigenvalue weighted by Gasteiger charge is 2.31. The van der Waals surface area contributed by atoms with Crippen LogP contribution < -0.4 is 5.32 Å². The van der Waals surface area contributed by atoms with Gasteiger partial charge in [-0.15, -0.1) is 0 Å². The fourth-order valence-electron chi connectivity index (χ4n) is 5.48. The average Bonchev–Trinajstić information content (AvgIpc) is 2.83. The Hall–Kier alpha value is -2.32. The molecule has 35 heavy (non-hydrogen) atoms. The van der Waals surface area contributed by atoms with Crippen LogP contribution in [0.25, 0.3) is 5.57 Å². The van der Waals surface area contributed by atoms with Crippen molar-refractivity contribution >= 4 is 5.57 Å². The molecule has 3 rings (SSSR count). The lowest BCUT2D eigenvalue weighted by atomic mass is 9.80. The third kappa shape index (κ3) is 7.34. The van der Waals surface area contributed by atoms with Gasteiger partial charge in [-0.1, -0.05) is 87.4 Å². The zero-order valence-electron chi connectivity index (χ0n) is 23.2. The summed E-state index contributed by atoms with van der Waals surface area (Å²) in [5, 5.41) is 3.67. The van der Waals surface area contributed by atoms with E-state index in [1.54, 1.807) is 0 Å². The van der Waals surface area contributed by atoms with Gasteiger partial charge in [0, 0.05) is 36.4 Å². The lowest BCUT2D eigenvalue weighted by molar-refractivity contribution is 0.179. The van der Waals surface area contributed by atoms with E-state index in [2.05, 4.69) is 107 Å². The van der Waals surface area contributed by atoms with Gasteiger partial charge in [0.05, 0.1) is 0 Å². The first-order valence-corrected chi connectivity index (χ1v) is 13.9. The Kier molecular flexibility index (Phi) is 10.2. The molecule has 190 valence electrons. The van der Waals surface area contributed by atoms with Crippen LogP contribution in [0.3, 0.4) is 0 Å². The quantitative estimate of drug-likeness (QED) is 0.272. The van der Waals surface area contributed by atoms with E-state index in [0.717, 1.165) is 32.4 Å². The molecule has 1 aromatic rings. The molecule has 1 aliphatic carbocycles. The molecule has 0 radical (unpaired) electrons. The maximum Gasteiger partial charge on any atom is 0.0384 e. The highest BCUT2D eigenvalue weighted by Crippen LogP contribution is 2.40. The summed E-state index contributed by atoms with van der Waals surface area (Å²) in [5.74, 6) is 0.526. The van der Waals surface area contributed by atoms with E-state index in [1.807, 2.05) is 0 Å². The van der Waals surface area contributed by atoms with E-state index in [0.29, 0.717) is 18.0 Å². The van der Waals surface area contributed by atoms with Gasteiger partial charge in [0.1, 0.15) is 0 Å². The largest absolute Gasteiger partial charge is 0.369 e. The van der Waals surface area contributed by atoms with Crippen molar-refractivity contribution in [3.05, 3.63) is 88.7 Å². The van der Waals surface area contributed by atoms with Gasteiger partial charge in [-0.3, -0.25) is 0 Å². The second-order valence-electron chi connectivity index (χ2n) is 10.8. The number of allylic oxidation sites excluding steroid dienone is 9. The highest BCUT2D eigenvalue weighted by molar-refractivity contribution is 5.70. The Labute approximate surface area is 215 Å². The van der Waals surface area contributed by atoms with Crippen LogP contribution in [-0.2, 0) is 0 Å². The van der Waals surface area contributed by atoms with Crippen LogP contribution in [-0.4, -0.2) is 30.1 Å². The summed E-state index contributed by atoms with van der Waals surface area (Å²) in [6.45, 7) is 20.3. The van der Waals surface area contributed by atoms with Crippen molar-refractivity contribution in [3.63, 3.8) is 0 Å². The minimum Gasteiger partial charge on any atom is -0.369 e. The molecule has 1 fully saturated rings. The predicted octanol–water partition coefficient (Wildman–Crippen LogP) is 8.38. The Morgan fingerprint density at radius 3 is 2.71 bits per heavy atom.